The fourth-order valence-electron chi connectivity index (χ4n) is 0.769. The predicted molar refractivity (Wildman–Crippen MR) is 43.6 cm³/mol. The van der Waals surface area contributed by atoms with Crippen LogP contribution in [-0.4, -0.2) is 12.1 Å². The van der Waals surface area contributed by atoms with Crippen LogP contribution in [0.25, 0.3) is 0 Å². The number of rotatable bonds is 2. The van der Waals surface area contributed by atoms with Gasteiger partial charge in [-0.2, -0.15) is 8.78 Å². The molecule has 0 aromatic carbocycles. The van der Waals surface area contributed by atoms with Crippen molar-refractivity contribution in [3.63, 3.8) is 0 Å². The fraction of sp³-hybridized carbons (Fsp3) is 0.286. The highest BCUT2D eigenvalue weighted by Crippen LogP contribution is 2.38. The normalized spacial score (nSPS) is 11.3. The summed E-state index contributed by atoms with van der Waals surface area (Å²) in [6, 6.07) is 2.67. The number of alkyl halides is 3. The molecule has 1 aromatic heterocycles. The molecular weight excluding hydrogens is 232 g/mol. The van der Waals surface area contributed by atoms with Gasteiger partial charge in [-0.15, -0.1) is 0 Å². The molecule has 1 aromatic rings. The van der Waals surface area contributed by atoms with Crippen LogP contribution in [0.2, 0.25) is 0 Å². The van der Waals surface area contributed by atoms with Crippen LogP contribution < -0.4 is 4.74 Å². The first-order valence-corrected chi connectivity index (χ1v) is 3.91. The minimum atomic E-state index is -3.09. The zero-order chi connectivity index (χ0) is 9.19. The average Bonchev–Trinajstić information content (AvgIpc) is 2.03. The van der Waals surface area contributed by atoms with Crippen LogP contribution >= 0.6 is 15.9 Å². The Balaban J connectivity index is 3.14. The molecule has 66 valence electrons. The molecule has 0 aliphatic carbocycles. The Morgan fingerprint density at radius 3 is 2.67 bits per heavy atom. The average molecular weight is 238 g/mol. The Morgan fingerprint density at radius 1 is 1.58 bits per heavy atom. The number of ether oxygens (including phenoxy) is 1. The van der Waals surface area contributed by atoms with Crippen molar-refractivity contribution >= 4 is 15.9 Å². The van der Waals surface area contributed by atoms with Gasteiger partial charge in [0, 0.05) is 6.20 Å². The fourth-order valence-corrected chi connectivity index (χ4v) is 1.07. The molecule has 0 saturated carbocycles. The van der Waals surface area contributed by atoms with Gasteiger partial charge in [0.2, 0.25) is 5.88 Å². The van der Waals surface area contributed by atoms with Crippen LogP contribution in [0.15, 0.2) is 18.3 Å². The topological polar surface area (TPSA) is 22.1 Å². The van der Waals surface area contributed by atoms with Crippen molar-refractivity contribution in [2.45, 2.75) is 4.83 Å². The Hall–Kier alpha value is -0.710. The van der Waals surface area contributed by atoms with E-state index in [1.807, 2.05) is 0 Å². The molecule has 1 heterocycles. The lowest BCUT2D eigenvalue weighted by Gasteiger charge is -2.10. The number of aromatic nitrogens is 1. The van der Waals surface area contributed by atoms with Gasteiger partial charge in [0.05, 0.1) is 12.7 Å². The van der Waals surface area contributed by atoms with Crippen molar-refractivity contribution in [3.8, 4) is 5.88 Å². The van der Waals surface area contributed by atoms with E-state index in [0.29, 0.717) is 0 Å². The third kappa shape index (κ3) is 1.91. The van der Waals surface area contributed by atoms with E-state index in [-0.39, 0.29) is 11.4 Å². The number of pyridine rings is 1. The van der Waals surface area contributed by atoms with E-state index in [9.17, 15) is 8.78 Å². The van der Waals surface area contributed by atoms with E-state index in [2.05, 4.69) is 25.7 Å². The van der Waals surface area contributed by atoms with Crippen LogP contribution in [0.5, 0.6) is 5.88 Å². The highest BCUT2D eigenvalue weighted by Gasteiger charge is 2.31. The second kappa shape index (κ2) is 3.35. The minimum Gasteiger partial charge on any atom is -0.481 e. The van der Waals surface area contributed by atoms with Gasteiger partial charge in [-0.05, 0) is 28.1 Å². The van der Waals surface area contributed by atoms with Crippen molar-refractivity contribution in [1.82, 2.24) is 4.98 Å². The maximum atomic E-state index is 12.7. The molecule has 2 nitrogen and oxygen atoms in total. The van der Waals surface area contributed by atoms with Crippen LogP contribution in [0.4, 0.5) is 8.78 Å². The monoisotopic (exact) mass is 237 g/mol. The van der Waals surface area contributed by atoms with Crippen molar-refractivity contribution in [3.05, 3.63) is 23.9 Å². The maximum absolute atomic E-state index is 12.7. The largest absolute Gasteiger partial charge is 0.481 e. The van der Waals surface area contributed by atoms with Crippen LogP contribution in [0, 0.1) is 0 Å². The third-order valence-electron chi connectivity index (χ3n) is 1.27. The number of methoxy groups -OCH3 is 1. The summed E-state index contributed by atoms with van der Waals surface area (Å²) in [6.07, 6.45) is 1.39. The summed E-state index contributed by atoms with van der Waals surface area (Å²) in [5.74, 6) is -0.0700. The molecule has 0 N–H and O–H groups in total. The zero-order valence-electron chi connectivity index (χ0n) is 6.22. The summed E-state index contributed by atoms with van der Waals surface area (Å²) in [7, 11) is 1.30. The smallest absolute Gasteiger partial charge is 0.331 e. The SMILES string of the molecule is COc1ncccc1C(F)(F)Br. The zero-order valence-corrected chi connectivity index (χ0v) is 7.81. The summed E-state index contributed by atoms with van der Waals surface area (Å²) in [4.78, 5) is 0.541. The Bertz CT molecular complexity index is 274. The molecule has 0 aliphatic heterocycles. The summed E-state index contributed by atoms with van der Waals surface area (Å²) >= 11 is 2.22. The molecule has 0 atom stereocenters. The van der Waals surface area contributed by atoms with Crippen molar-refractivity contribution in [2.24, 2.45) is 0 Å². The van der Waals surface area contributed by atoms with Gasteiger partial charge in [-0.1, -0.05) is 0 Å². The van der Waals surface area contributed by atoms with E-state index >= 15 is 0 Å². The van der Waals surface area contributed by atoms with Crippen molar-refractivity contribution in [1.29, 1.82) is 0 Å². The highest BCUT2D eigenvalue weighted by atomic mass is 79.9. The highest BCUT2D eigenvalue weighted by molar-refractivity contribution is 9.09. The van der Waals surface area contributed by atoms with Gasteiger partial charge in [0.15, 0.2) is 0 Å². The molecule has 0 unspecified atom stereocenters. The van der Waals surface area contributed by atoms with Gasteiger partial charge in [0.25, 0.3) is 0 Å². The van der Waals surface area contributed by atoms with E-state index < -0.39 is 4.83 Å². The Kier molecular flexibility index (Phi) is 2.62. The van der Waals surface area contributed by atoms with Crippen LogP contribution in [-0.2, 0) is 4.83 Å². The van der Waals surface area contributed by atoms with Crippen LogP contribution in [0.1, 0.15) is 5.56 Å². The molecule has 5 heteroatoms. The van der Waals surface area contributed by atoms with Gasteiger partial charge < -0.3 is 4.74 Å². The number of hydrogen-bond acceptors (Lipinski definition) is 2. The lowest BCUT2D eigenvalue weighted by Crippen LogP contribution is -2.06. The first-order chi connectivity index (χ1) is 5.55. The standard InChI is InChI=1S/C7H6BrF2NO/c1-12-6-5(7(8,9)10)3-2-4-11-6/h2-4H,1H3. The summed E-state index contributed by atoms with van der Waals surface area (Å²) < 4.78 is 30.0. The Morgan fingerprint density at radius 2 is 2.25 bits per heavy atom. The molecular formula is C7H6BrF2NO. The number of nitrogens with zero attached hydrogens (tertiary/aromatic N) is 1. The van der Waals surface area contributed by atoms with Crippen molar-refractivity contribution < 1.29 is 13.5 Å². The molecule has 12 heavy (non-hydrogen) atoms. The first-order valence-electron chi connectivity index (χ1n) is 3.12. The third-order valence-corrected chi connectivity index (χ3v) is 1.70. The molecule has 0 saturated heterocycles. The molecule has 0 spiro atoms. The van der Waals surface area contributed by atoms with E-state index in [0.717, 1.165) is 0 Å². The minimum absolute atomic E-state index is 0.0700. The first kappa shape index (κ1) is 9.38. The molecule has 0 amide bonds. The number of hydrogen-bond donors (Lipinski definition) is 0. The van der Waals surface area contributed by atoms with E-state index in [1.165, 1.54) is 25.4 Å². The van der Waals surface area contributed by atoms with Crippen molar-refractivity contribution in [2.75, 3.05) is 7.11 Å². The van der Waals surface area contributed by atoms with Gasteiger partial charge >= 0.3 is 4.83 Å². The summed E-state index contributed by atoms with van der Waals surface area (Å²) in [5.41, 5.74) is -0.271. The van der Waals surface area contributed by atoms with E-state index in [4.69, 9.17) is 0 Å². The quantitative estimate of drug-likeness (QED) is 0.738. The summed E-state index contributed by atoms with van der Waals surface area (Å²) in [6.45, 7) is 0. The van der Waals surface area contributed by atoms with Gasteiger partial charge in [0.1, 0.15) is 0 Å². The van der Waals surface area contributed by atoms with Gasteiger partial charge in [-0.25, -0.2) is 4.98 Å². The maximum Gasteiger partial charge on any atom is 0.331 e. The predicted octanol–water partition coefficient (Wildman–Crippen LogP) is 2.53. The molecule has 0 fully saturated rings. The van der Waals surface area contributed by atoms with E-state index in [1.54, 1.807) is 0 Å². The molecule has 0 aliphatic rings. The van der Waals surface area contributed by atoms with Crippen LogP contribution in [0.3, 0.4) is 0 Å². The Labute approximate surface area is 76.7 Å². The number of halogens is 3. The second-order valence-electron chi connectivity index (χ2n) is 2.06. The molecule has 1 rings (SSSR count). The van der Waals surface area contributed by atoms with Gasteiger partial charge in [-0.3, -0.25) is 0 Å². The molecule has 0 bridgehead atoms. The lowest BCUT2D eigenvalue weighted by atomic mass is 10.3. The summed E-state index contributed by atoms with van der Waals surface area (Å²) in [5, 5.41) is 0. The lowest BCUT2D eigenvalue weighted by molar-refractivity contribution is 0.110. The second-order valence-corrected chi connectivity index (χ2v) is 3.05. The molecule has 0 radical (unpaired) electrons.